The molecule has 0 bridgehead atoms. The number of aryl methyl sites for hydroxylation is 1. The zero-order valence-electron chi connectivity index (χ0n) is 9.47. The molecule has 0 atom stereocenters. The Balaban J connectivity index is 3.06. The van der Waals surface area contributed by atoms with E-state index in [1.165, 1.54) is 0 Å². The van der Waals surface area contributed by atoms with E-state index >= 15 is 0 Å². The topological polar surface area (TPSA) is 0 Å². The molecule has 0 N–H and O–H groups in total. The molecule has 2 rings (SSSR count). The van der Waals surface area contributed by atoms with Crippen molar-refractivity contribution in [1.82, 2.24) is 0 Å². The fourth-order valence-corrected chi connectivity index (χ4v) is 1.96. The highest BCUT2D eigenvalue weighted by Gasteiger charge is 2.26. The van der Waals surface area contributed by atoms with E-state index in [0.29, 0.717) is 0 Å². The van der Waals surface area contributed by atoms with Crippen molar-refractivity contribution >= 4 is 10.8 Å². The number of benzene rings is 2. The number of hydrogen-bond acceptors (Lipinski definition) is 0. The summed E-state index contributed by atoms with van der Waals surface area (Å²) < 4.78 is 80.5. The summed E-state index contributed by atoms with van der Waals surface area (Å²) in [7, 11) is 0. The molecule has 1 radical (unpaired) electrons. The van der Waals surface area contributed by atoms with Gasteiger partial charge < -0.3 is 0 Å². The zero-order valence-corrected chi connectivity index (χ0v) is 9.47. The van der Waals surface area contributed by atoms with Gasteiger partial charge in [-0.15, -0.1) is 0 Å². The van der Waals surface area contributed by atoms with E-state index in [1.807, 2.05) is 0 Å². The van der Waals surface area contributed by atoms with E-state index in [4.69, 9.17) is 0 Å². The predicted octanol–water partition coefficient (Wildman–Crippen LogP) is 4.44. The molecule has 6 heteroatoms. The average molecular weight is 277 g/mol. The normalized spacial score (nSPS) is 11.3. The van der Waals surface area contributed by atoms with Gasteiger partial charge >= 0.3 is 0 Å². The molecular formula is C13H7F6. The van der Waals surface area contributed by atoms with Gasteiger partial charge in [-0.25, -0.2) is 26.3 Å². The van der Waals surface area contributed by atoms with E-state index in [1.54, 1.807) is 0 Å². The quantitative estimate of drug-likeness (QED) is 0.432. The molecule has 101 valence electrons. The van der Waals surface area contributed by atoms with Gasteiger partial charge in [0.1, 0.15) is 5.82 Å². The molecule has 0 nitrogen and oxygen atoms in total. The van der Waals surface area contributed by atoms with Crippen LogP contribution in [0.15, 0.2) is 6.07 Å². The molecule has 0 saturated carbocycles. The maximum Gasteiger partial charge on any atom is 0.195 e. The Bertz CT molecular complexity index is 662. The van der Waals surface area contributed by atoms with Crippen LogP contribution < -0.4 is 0 Å². The average Bonchev–Trinajstić information content (AvgIpc) is 2.36. The first-order valence-electron chi connectivity index (χ1n) is 5.31. The van der Waals surface area contributed by atoms with E-state index in [2.05, 4.69) is 6.92 Å². The van der Waals surface area contributed by atoms with Crippen molar-refractivity contribution in [3.8, 4) is 0 Å². The monoisotopic (exact) mass is 277 g/mol. The third kappa shape index (κ3) is 1.95. The van der Waals surface area contributed by atoms with Gasteiger partial charge in [0.05, 0.1) is 5.39 Å². The summed E-state index contributed by atoms with van der Waals surface area (Å²) in [5.41, 5.74) is -0.555. The largest absolute Gasteiger partial charge is 0.206 e. The second-order valence-electron chi connectivity index (χ2n) is 3.93. The highest BCUT2D eigenvalue weighted by atomic mass is 19.2. The maximum absolute atomic E-state index is 13.6. The summed E-state index contributed by atoms with van der Waals surface area (Å²) >= 11 is 0. The summed E-state index contributed by atoms with van der Waals surface area (Å²) in [6, 6.07) is 0.168. The van der Waals surface area contributed by atoms with Crippen molar-refractivity contribution in [3.63, 3.8) is 0 Å². The van der Waals surface area contributed by atoms with Crippen molar-refractivity contribution in [3.05, 3.63) is 53.5 Å². The molecule has 0 aromatic heterocycles. The second-order valence-corrected chi connectivity index (χ2v) is 3.93. The predicted molar refractivity (Wildman–Crippen MR) is 57.4 cm³/mol. The molecule has 0 unspecified atom stereocenters. The minimum Gasteiger partial charge on any atom is -0.206 e. The SMILES string of the molecule is [CH2]CCc1c(F)c(F)c(F)c2c(F)c(F)cc(F)c12. The van der Waals surface area contributed by atoms with Crippen LogP contribution in [0.5, 0.6) is 0 Å². The number of fused-ring (bicyclic) bond motifs is 1. The zero-order chi connectivity index (χ0) is 14.3. The molecule has 0 heterocycles. The Morgan fingerprint density at radius 1 is 0.737 bits per heavy atom. The van der Waals surface area contributed by atoms with E-state index < -0.39 is 51.2 Å². The lowest BCUT2D eigenvalue weighted by Crippen LogP contribution is -2.05. The molecule has 0 aliphatic heterocycles. The molecule has 19 heavy (non-hydrogen) atoms. The Morgan fingerprint density at radius 3 is 1.95 bits per heavy atom. The number of hydrogen-bond donors (Lipinski definition) is 0. The molecule has 0 amide bonds. The van der Waals surface area contributed by atoms with Crippen molar-refractivity contribution in [2.75, 3.05) is 0 Å². The fraction of sp³-hybridized carbons (Fsp3) is 0.154. The molecule has 0 fully saturated rings. The Morgan fingerprint density at radius 2 is 1.37 bits per heavy atom. The molecule has 0 spiro atoms. The summed E-state index contributed by atoms with van der Waals surface area (Å²) in [6.07, 6.45) is -0.183. The highest BCUT2D eigenvalue weighted by molar-refractivity contribution is 5.88. The molecule has 0 aliphatic carbocycles. The summed E-state index contributed by atoms with van der Waals surface area (Å²) in [5.74, 6) is -10.3. The van der Waals surface area contributed by atoms with Crippen LogP contribution >= 0.6 is 0 Å². The van der Waals surface area contributed by atoms with Crippen molar-refractivity contribution in [2.24, 2.45) is 0 Å². The third-order valence-electron chi connectivity index (χ3n) is 2.77. The van der Waals surface area contributed by atoms with Gasteiger partial charge in [0.25, 0.3) is 0 Å². The highest BCUT2D eigenvalue weighted by Crippen LogP contribution is 2.33. The van der Waals surface area contributed by atoms with Gasteiger partial charge in [-0.1, -0.05) is 6.92 Å². The van der Waals surface area contributed by atoms with Gasteiger partial charge in [0.15, 0.2) is 29.1 Å². The van der Waals surface area contributed by atoms with Crippen LogP contribution in [0.25, 0.3) is 10.8 Å². The van der Waals surface area contributed by atoms with Crippen molar-refractivity contribution in [2.45, 2.75) is 12.8 Å². The van der Waals surface area contributed by atoms with Gasteiger partial charge in [0, 0.05) is 17.0 Å². The summed E-state index contributed by atoms with van der Waals surface area (Å²) in [4.78, 5) is 0. The number of halogens is 6. The molecule has 2 aromatic carbocycles. The van der Waals surface area contributed by atoms with Gasteiger partial charge in [0.2, 0.25) is 0 Å². The molecular weight excluding hydrogens is 270 g/mol. The first-order chi connectivity index (χ1) is 8.90. The van der Waals surface area contributed by atoms with Crippen molar-refractivity contribution < 1.29 is 26.3 Å². The number of rotatable bonds is 2. The summed E-state index contributed by atoms with van der Waals surface area (Å²) in [6.45, 7) is 3.38. The minimum atomic E-state index is -1.96. The lowest BCUT2D eigenvalue weighted by atomic mass is 9.98. The van der Waals surface area contributed by atoms with Crippen LogP contribution in [0.3, 0.4) is 0 Å². The van der Waals surface area contributed by atoms with E-state index in [0.717, 1.165) is 0 Å². The lowest BCUT2D eigenvalue weighted by Gasteiger charge is -2.11. The van der Waals surface area contributed by atoms with Crippen LogP contribution in [0.2, 0.25) is 0 Å². The first-order valence-corrected chi connectivity index (χ1v) is 5.31. The van der Waals surface area contributed by atoms with Crippen molar-refractivity contribution in [1.29, 1.82) is 0 Å². The van der Waals surface area contributed by atoms with E-state index in [-0.39, 0.29) is 18.9 Å². The van der Waals surface area contributed by atoms with Crippen LogP contribution in [0.4, 0.5) is 26.3 Å². The fourth-order valence-electron chi connectivity index (χ4n) is 1.96. The Kier molecular flexibility index (Phi) is 3.43. The second kappa shape index (κ2) is 4.75. The van der Waals surface area contributed by atoms with Crippen LogP contribution in [0.1, 0.15) is 12.0 Å². The van der Waals surface area contributed by atoms with Gasteiger partial charge in [-0.05, 0) is 12.8 Å². The van der Waals surface area contributed by atoms with Crippen LogP contribution in [-0.4, -0.2) is 0 Å². The minimum absolute atomic E-state index is 0.0511. The summed E-state index contributed by atoms with van der Waals surface area (Å²) in [5, 5.41) is -2.01. The van der Waals surface area contributed by atoms with Gasteiger partial charge in [-0.2, -0.15) is 0 Å². The maximum atomic E-state index is 13.6. The standard InChI is InChI=1S/C13H7F6/c1-2-3-5-8-6(14)4-7(15)11(17)9(8)12(18)13(19)10(5)16/h4H,1-3H2. The van der Waals surface area contributed by atoms with Crippen LogP contribution in [0, 0.1) is 41.8 Å². The Hall–Kier alpha value is -1.72. The molecule has 0 aliphatic rings. The molecule has 2 aromatic rings. The smallest absolute Gasteiger partial charge is 0.195 e. The third-order valence-corrected chi connectivity index (χ3v) is 2.77. The first kappa shape index (κ1) is 13.7. The lowest BCUT2D eigenvalue weighted by molar-refractivity contribution is 0.440. The Labute approximate surface area is 104 Å². The van der Waals surface area contributed by atoms with Gasteiger partial charge in [-0.3, -0.25) is 0 Å². The van der Waals surface area contributed by atoms with Crippen LogP contribution in [-0.2, 0) is 6.42 Å². The molecule has 0 saturated heterocycles. The van der Waals surface area contributed by atoms with E-state index in [9.17, 15) is 26.3 Å².